The average Bonchev–Trinajstić information content (AvgIpc) is 3.13. The molecule has 0 aliphatic carbocycles. The van der Waals surface area contributed by atoms with Crippen molar-refractivity contribution in [1.29, 1.82) is 0 Å². The van der Waals surface area contributed by atoms with Gasteiger partial charge in [-0.3, -0.25) is 9.48 Å². The number of likely N-dealkylation sites (tertiary alicyclic amines) is 1. The molecule has 2 aliphatic rings. The number of carbonyl (C=O) groups is 2. The maximum absolute atomic E-state index is 12.9. The van der Waals surface area contributed by atoms with Gasteiger partial charge in [0.2, 0.25) is 0 Å². The van der Waals surface area contributed by atoms with Crippen molar-refractivity contribution in [1.82, 2.24) is 24.9 Å². The monoisotopic (exact) mass is 419 g/mol. The Morgan fingerprint density at radius 1 is 1.23 bits per heavy atom. The normalized spacial score (nSPS) is 22.4. The zero-order chi connectivity index (χ0) is 21.7. The molecule has 1 fully saturated rings. The van der Waals surface area contributed by atoms with E-state index in [1.165, 1.54) is 0 Å². The van der Waals surface area contributed by atoms with E-state index in [0.717, 1.165) is 65.0 Å². The lowest BCUT2D eigenvalue weighted by Gasteiger charge is -2.35. The average molecular weight is 420 g/mol. The number of amides is 2. The van der Waals surface area contributed by atoms with Gasteiger partial charge in [-0.2, -0.15) is 5.10 Å². The van der Waals surface area contributed by atoms with Crippen LogP contribution in [-0.2, 0) is 11.3 Å². The fourth-order valence-corrected chi connectivity index (χ4v) is 4.39. The van der Waals surface area contributed by atoms with Crippen LogP contribution in [0.5, 0.6) is 0 Å². The Kier molecular flexibility index (Phi) is 7.39. The molecule has 8 nitrogen and oxygen atoms in total. The summed E-state index contributed by atoms with van der Waals surface area (Å²) < 4.78 is 7.32. The van der Waals surface area contributed by atoms with Gasteiger partial charge < -0.3 is 19.9 Å². The van der Waals surface area contributed by atoms with E-state index in [9.17, 15) is 9.59 Å². The lowest BCUT2D eigenvalue weighted by molar-refractivity contribution is 0.0172. The number of fused-ring (bicyclic) bond motifs is 1. The van der Waals surface area contributed by atoms with Crippen LogP contribution in [0.4, 0.5) is 4.79 Å². The van der Waals surface area contributed by atoms with Crippen molar-refractivity contribution in [3.8, 4) is 0 Å². The van der Waals surface area contributed by atoms with Gasteiger partial charge in [-0.05, 0) is 77.4 Å². The number of aryl methyl sites for hydroxylation is 1. The van der Waals surface area contributed by atoms with E-state index < -0.39 is 5.60 Å². The zero-order valence-corrected chi connectivity index (χ0v) is 18.9. The van der Waals surface area contributed by atoms with Gasteiger partial charge in [0.1, 0.15) is 11.3 Å². The number of aromatic nitrogens is 2. The largest absolute Gasteiger partial charge is 0.444 e. The maximum atomic E-state index is 12.9. The standard InChI is InChI=1S/C22H37N5O3/c1-22(2,3)30-21(29)26-12-7-17(8-13-26)14-18-15-23-9-5-11-27-19(6-10-24-27)20(28)25(4)16-18/h6,10,17-18,23H,5,7-9,11-16H2,1-4H3. The van der Waals surface area contributed by atoms with Crippen molar-refractivity contribution in [3.63, 3.8) is 0 Å². The van der Waals surface area contributed by atoms with Crippen molar-refractivity contribution < 1.29 is 14.3 Å². The molecule has 8 heteroatoms. The summed E-state index contributed by atoms with van der Waals surface area (Å²) in [5.74, 6) is 1.00. The van der Waals surface area contributed by atoms with Gasteiger partial charge >= 0.3 is 6.09 Å². The molecule has 168 valence electrons. The Hall–Kier alpha value is -2.09. The molecule has 0 spiro atoms. The Bertz CT molecular complexity index is 719. The first kappa shape index (κ1) is 22.6. The van der Waals surface area contributed by atoms with E-state index in [1.807, 2.05) is 48.4 Å². The highest BCUT2D eigenvalue weighted by molar-refractivity contribution is 5.92. The van der Waals surface area contributed by atoms with Crippen LogP contribution in [-0.4, -0.2) is 77.0 Å². The van der Waals surface area contributed by atoms with Crippen LogP contribution >= 0.6 is 0 Å². The molecular weight excluding hydrogens is 382 g/mol. The Morgan fingerprint density at radius 3 is 2.67 bits per heavy atom. The molecule has 2 aliphatic heterocycles. The number of ether oxygens (including phenoxy) is 1. The summed E-state index contributed by atoms with van der Waals surface area (Å²) in [7, 11) is 1.88. The van der Waals surface area contributed by atoms with Crippen LogP contribution < -0.4 is 5.32 Å². The first-order valence-electron chi connectivity index (χ1n) is 11.2. The number of rotatable bonds is 2. The number of nitrogens with one attached hydrogen (secondary N) is 1. The highest BCUT2D eigenvalue weighted by atomic mass is 16.6. The summed E-state index contributed by atoms with van der Waals surface area (Å²) >= 11 is 0. The van der Waals surface area contributed by atoms with Crippen LogP contribution in [0.15, 0.2) is 12.3 Å². The second-order valence-corrected chi connectivity index (χ2v) is 9.70. The maximum Gasteiger partial charge on any atom is 0.410 e. The predicted octanol–water partition coefficient (Wildman–Crippen LogP) is 2.60. The van der Waals surface area contributed by atoms with Crippen LogP contribution in [0.3, 0.4) is 0 Å². The first-order chi connectivity index (χ1) is 14.2. The van der Waals surface area contributed by atoms with Gasteiger partial charge in [-0.1, -0.05) is 0 Å². The van der Waals surface area contributed by atoms with Crippen LogP contribution in [0, 0.1) is 11.8 Å². The van der Waals surface area contributed by atoms with Crippen LogP contribution in [0.25, 0.3) is 0 Å². The Balaban J connectivity index is 1.54. The molecule has 1 N–H and O–H groups in total. The number of hydrogen-bond donors (Lipinski definition) is 1. The van der Waals surface area contributed by atoms with Crippen molar-refractivity contribution in [2.75, 3.05) is 39.8 Å². The van der Waals surface area contributed by atoms with Gasteiger partial charge in [0, 0.05) is 39.4 Å². The summed E-state index contributed by atoms with van der Waals surface area (Å²) in [5.41, 5.74) is 0.213. The molecule has 1 aromatic rings. The lowest BCUT2D eigenvalue weighted by Crippen LogP contribution is -2.43. The molecule has 0 saturated carbocycles. The predicted molar refractivity (Wildman–Crippen MR) is 115 cm³/mol. The number of hydrogen-bond acceptors (Lipinski definition) is 5. The Labute approximate surface area is 179 Å². The summed E-state index contributed by atoms with van der Waals surface area (Å²) in [6.07, 6.45) is 5.48. The summed E-state index contributed by atoms with van der Waals surface area (Å²) in [6, 6.07) is 1.81. The van der Waals surface area contributed by atoms with E-state index in [1.54, 1.807) is 6.20 Å². The molecule has 0 aromatic carbocycles. The second kappa shape index (κ2) is 9.81. The third-order valence-corrected chi connectivity index (χ3v) is 5.90. The van der Waals surface area contributed by atoms with Gasteiger partial charge in [0.15, 0.2) is 0 Å². The van der Waals surface area contributed by atoms with Crippen LogP contribution in [0.2, 0.25) is 0 Å². The molecule has 30 heavy (non-hydrogen) atoms. The smallest absolute Gasteiger partial charge is 0.410 e. The van der Waals surface area contributed by atoms with E-state index in [-0.39, 0.29) is 12.0 Å². The lowest BCUT2D eigenvalue weighted by atomic mass is 9.86. The highest BCUT2D eigenvalue weighted by Crippen LogP contribution is 2.26. The van der Waals surface area contributed by atoms with Crippen LogP contribution in [0.1, 0.15) is 56.9 Å². The van der Waals surface area contributed by atoms with Crippen molar-refractivity contribution in [3.05, 3.63) is 18.0 Å². The third kappa shape index (κ3) is 6.20. The van der Waals surface area contributed by atoms with Gasteiger partial charge in [-0.25, -0.2) is 4.79 Å². The fraction of sp³-hybridized carbons (Fsp3) is 0.773. The molecule has 0 bridgehead atoms. The van der Waals surface area contributed by atoms with Crippen molar-refractivity contribution in [2.24, 2.45) is 11.8 Å². The zero-order valence-electron chi connectivity index (χ0n) is 18.9. The van der Waals surface area contributed by atoms with Gasteiger partial charge in [0.05, 0.1) is 0 Å². The molecule has 1 saturated heterocycles. The molecule has 3 heterocycles. The molecule has 3 rings (SSSR count). The first-order valence-corrected chi connectivity index (χ1v) is 11.2. The number of nitrogens with zero attached hydrogens (tertiary/aromatic N) is 4. The number of carbonyl (C=O) groups excluding carboxylic acids is 2. The van der Waals surface area contributed by atoms with Crippen molar-refractivity contribution >= 4 is 12.0 Å². The second-order valence-electron chi connectivity index (χ2n) is 9.70. The third-order valence-electron chi connectivity index (χ3n) is 5.90. The Morgan fingerprint density at radius 2 is 1.97 bits per heavy atom. The minimum Gasteiger partial charge on any atom is -0.444 e. The quantitative estimate of drug-likeness (QED) is 0.797. The fourth-order valence-electron chi connectivity index (χ4n) is 4.39. The van der Waals surface area contributed by atoms with Gasteiger partial charge in [-0.15, -0.1) is 0 Å². The van der Waals surface area contributed by atoms with E-state index in [4.69, 9.17) is 4.74 Å². The molecule has 2 amide bonds. The minimum absolute atomic E-state index is 0.0409. The topological polar surface area (TPSA) is 79.7 Å². The summed E-state index contributed by atoms with van der Waals surface area (Å²) in [4.78, 5) is 28.8. The van der Waals surface area contributed by atoms with E-state index in [0.29, 0.717) is 17.5 Å². The summed E-state index contributed by atoms with van der Waals surface area (Å²) in [5, 5.41) is 7.87. The molecule has 1 unspecified atom stereocenters. The molecular formula is C22H37N5O3. The molecule has 1 aromatic heterocycles. The minimum atomic E-state index is -0.457. The van der Waals surface area contributed by atoms with Gasteiger partial charge in [0.25, 0.3) is 5.91 Å². The summed E-state index contributed by atoms with van der Waals surface area (Å²) in [6.45, 7) is 10.5. The number of piperidine rings is 1. The molecule has 1 atom stereocenters. The van der Waals surface area contributed by atoms with Crippen molar-refractivity contribution in [2.45, 2.75) is 58.6 Å². The van der Waals surface area contributed by atoms with E-state index in [2.05, 4.69) is 10.4 Å². The highest BCUT2D eigenvalue weighted by Gasteiger charge is 2.29. The SMILES string of the molecule is CN1CC(CC2CCN(C(=O)OC(C)(C)C)CC2)CNCCCn2nccc2C1=O. The van der Waals surface area contributed by atoms with E-state index >= 15 is 0 Å². The molecule has 0 radical (unpaired) electrons.